The molecule has 0 saturated carbocycles. The van der Waals surface area contributed by atoms with Gasteiger partial charge >= 0.3 is 0 Å². The number of hydrogen-bond acceptors (Lipinski definition) is 4. The molecule has 0 fully saturated rings. The molecule has 0 unspecified atom stereocenters. The fourth-order valence-electron chi connectivity index (χ4n) is 2.26. The number of amidine groups is 1. The van der Waals surface area contributed by atoms with Crippen LogP contribution in [0.2, 0.25) is 0 Å². The first-order valence-corrected chi connectivity index (χ1v) is 7.59. The smallest absolute Gasteiger partial charge is 0.144 e. The second kappa shape index (κ2) is 8.62. The van der Waals surface area contributed by atoms with Crippen molar-refractivity contribution in [3.63, 3.8) is 0 Å². The Morgan fingerprint density at radius 2 is 2.00 bits per heavy atom. The van der Waals surface area contributed by atoms with Crippen LogP contribution in [0, 0.1) is 5.41 Å². The summed E-state index contributed by atoms with van der Waals surface area (Å²) < 4.78 is 0. The SMILES string of the molecule is CCN(CCCCC(C)(C)/C(N)=N/O)Cc1ccncc1. The van der Waals surface area contributed by atoms with Crippen LogP contribution >= 0.6 is 0 Å². The Balaban J connectivity index is 2.33. The number of hydrogen-bond donors (Lipinski definition) is 2. The summed E-state index contributed by atoms with van der Waals surface area (Å²) in [5.74, 6) is 0.312. The lowest BCUT2D eigenvalue weighted by molar-refractivity contribution is 0.266. The summed E-state index contributed by atoms with van der Waals surface area (Å²) in [6.45, 7) is 9.26. The highest BCUT2D eigenvalue weighted by Gasteiger charge is 2.22. The zero-order valence-corrected chi connectivity index (χ0v) is 13.4. The van der Waals surface area contributed by atoms with Gasteiger partial charge in [-0.3, -0.25) is 9.88 Å². The molecule has 1 rings (SSSR count). The largest absolute Gasteiger partial charge is 0.409 e. The molecule has 0 aliphatic heterocycles. The van der Waals surface area contributed by atoms with E-state index in [2.05, 4.69) is 34.1 Å². The maximum atomic E-state index is 8.77. The maximum Gasteiger partial charge on any atom is 0.144 e. The summed E-state index contributed by atoms with van der Waals surface area (Å²) in [5.41, 5.74) is 6.76. The number of nitrogens with two attached hydrogens (primary N) is 1. The third kappa shape index (κ3) is 6.12. The van der Waals surface area contributed by atoms with Crippen LogP contribution in [0.25, 0.3) is 0 Å². The standard InChI is InChI=1S/C16H28N4O/c1-4-20(13-14-7-10-18-11-8-14)12-6-5-9-16(2,3)15(17)19-21/h7-8,10-11,21H,4-6,9,12-13H2,1-3H3,(H2,17,19). The Bertz CT molecular complexity index is 431. The summed E-state index contributed by atoms with van der Waals surface area (Å²) in [6, 6.07) is 4.12. The molecule has 0 bridgehead atoms. The van der Waals surface area contributed by atoms with Gasteiger partial charge in [-0.2, -0.15) is 0 Å². The van der Waals surface area contributed by atoms with Crippen molar-refractivity contribution in [1.29, 1.82) is 0 Å². The molecule has 1 aromatic rings. The fraction of sp³-hybridized carbons (Fsp3) is 0.625. The second-order valence-electron chi connectivity index (χ2n) is 6.05. The van der Waals surface area contributed by atoms with Gasteiger partial charge in [-0.05, 0) is 43.6 Å². The molecular formula is C16H28N4O. The van der Waals surface area contributed by atoms with Gasteiger partial charge in [-0.15, -0.1) is 0 Å². The average Bonchev–Trinajstić information content (AvgIpc) is 2.50. The van der Waals surface area contributed by atoms with Crippen molar-refractivity contribution in [2.75, 3.05) is 13.1 Å². The van der Waals surface area contributed by atoms with Crippen molar-refractivity contribution >= 4 is 5.84 Å². The van der Waals surface area contributed by atoms with Gasteiger partial charge < -0.3 is 10.9 Å². The van der Waals surface area contributed by atoms with E-state index < -0.39 is 0 Å². The van der Waals surface area contributed by atoms with E-state index in [-0.39, 0.29) is 5.41 Å². The van der Waals surface area contributed by atoms with Crippen molar-refractivity contribution in [3.8, 4) is 0 Å². The van der Waals surface area contributed by atoms with Crippen molar-refractivity contribution in [1.82, 2.24) is 9.88 Å². The molecule has 0 radical (unpaired) electrons. The Morgan fingerprint density at radius 3 is 2.57 bits per heavy atom. The molecule has 0 aliphatic carbocycles. The summed E-state index contributed by atoms with van der Waals surface area (Å²) >= 11 is 0. The number of oxime groups is 1. The first-order valence-electron chi connectivity index (χ1n) is 7.59. The van der Waals surface area contributed by atoms with E-state index in [4.69, 9.17) is 10.9 Å². The molecule has 21 heavy (non-hydrogen) atoms. The quantitative estimate of drug-likeness (QED) is 0.241. The van der Waals surface area contributed by atoms with E-state index in [1.165, 1.54) is 5.56 Å². The lowest BCUT2D eigenvalue weighted by atomic mass is 9.86. The van der Waals surface area contributed by atoms with Gasteiger partial charge in [-0.1, -0.05) is 32.3 Å². The zero-order chi connectivity index (χ0) is 15.7. The first-order chi connectivity index (χ1) is 9.99. The van der Waals surface area contributed by atoms with Crippen LogP contribution in [0.15, 0.2) is 29.7 Å². The van der Waals surface area contributed by atoms with Gasteiger partial charge in [0.1, 0.15) is 5.84 Å². The van der Waals surface area contributed by atoms with Crippen LogP contribution in [-0.2, 0) is 6.54 Å². The van der Waals surface area contributed by atoms with Crippen LogP contribution in [0.1, 0.15) is 45.6 Å². The van der Waals surface area contributed by atoms with E-state index in [9.17, 15) is 0 Å². The summed E-state index contributed by atoms with van der Waals surface area (Å²) in [4.78, 5) is 6.47. The number of aromatic nitrogens is 1. The lowest BCUT2D eigenvalue weighted by Gasteiger charge is -2.24. The van der Waals surface area contributed by atoms with Crippen molar-refractivity contribution < 1.29 is 5.21 Å². The minimum absolute atomic E-state index is 0.239. The maximum absolute atomic E-state index is 8.77. The van der Waals surface area contributed by atoms with Gasteiger partial charge in [0.05, 0.1) is 0 Å². The molecule has 0 amide bonds. The Hall–Kier alpha value is -1.62. The third-order valence-electron chi connectivity index (χ3n) is 3.93. The van der Waals surface area contributed by atoms with E-state index in [0.29, 0.717) is 5.84 Å². The highest BCUT2D eigenvalue weighted by molar-refractivity contribution is 5.85. The highest BCUT2D eigenvalue weighted by atomic mass is 16.4. The fourth-order valence-corrected chi connectivity index (χ4v) is 2.26. The Kier molecular flexibility index (Phi) is 7.15. The molecule has 0 aliphatic rings. The number of unbranched alkanes of at least 4 members (excludes halogenated alkanes) is 1. The average molecular weight is 292 g/mol. The number of nitrogens with zero attached hydrogens (tertiary/aromatic N) is 3. The van der Waals surface area contributed by atoms with Crippen LogP contribution in [0.4, 0.5) is 0 Å². The molecule has 5 nitrogen and oxygen atoms in total. The predicted octanol–water partition coefficient (Wildman–Crippen LogP) is 2.85. The van der Waals surface area contributed by atoms with Crippen LogP contribution in [0.3, 0.4) is 0 Å². The monoisotopic (exact) mass is 292 g/mol. The third-order valence-corrected chi connectivity index (χ3v) is 3.93. The van der Waals surface area contributed by atoms with Crippen molar-refractivity contribution in [2.45, 2.75) is 46.6 Å². The molecule has 0 aromatic carbocycles. The molecule has 0 atom stereocenters. The van der Waals surface area contributed by atoms with Crippen molar-refractivity contribution in [2.24, 2.45) is 16.3 Å². The van der Waals surface area contributed by atoms with Crippen LogP contribution < -0.4 is 5.73 Å². The second-order valence-corrected chi connectivity index (χ2v) is 6.05. The zero-order valence-electron chi connectivity index (χ0n) is 13.4. The normalized spacial score (nSPS) is 12.9. The number of rotatable bonds is 9. The molecule has 1 aromatic heterocycles. The molecule has 0 spiro atoms. The minimum Gasteiger partial charge on any atom is -0.409 e. The highest BCUT2D eigenvalue weighted by Crippen LogP contribution is 2.23. The van der Waals surface area contributed by atoms with Crippen LogP contribution in [-0.4, -0.2) is 34.0 Å². The van der Waals surface area contributed by atoms with Gasteiger partial charge in [0.25, 0.3) is 0 Å². The van der Waals surface area contributed by atoms with Gasteiger partial charge in [0.15, 0.2) is 0 Å². The molecule has 118 valence electrons. The van der Waals surface area contributed by atoms with E-state index in [0.717, 1.165) is 38.9 Å². The summed E-state index contributed by atoms with van der Waals surface area (Å²) in [7, 11) is 0. The van der Waals surface area contributed by atoms with Crippen molar-refractivity contribution in [3.05, 3.63) is 30.1 Å². The van der Waals surface area contributed by atoms with Gasteiger partial charge in [-0.25, -0.2) is 0 Å². The molecule has 5 heteroatoms. The molecule has 1 heterocycles. The minimum atomic E-state index is -0.239. The Labute approximate surface area is 127 Å². The predicted molar refractivity (Wildman–Crippen MR) is 86.2 cm³/mol. The molecule has 3 N–H and O–H groups in total. The number of pyridine rings is 1. The van der Waals surface area contributed by atoms with Gasteiger partial charge in [0, 0.05) is 24.4 Å². The first kappa shape index (κ1) is 17.4. The van der Waals surface area contributed by atoms with E-state index in [1.807, 2.05) is 26.2 Å². The van der Waals surface area contributed by atoms with Gasteiger partial charge in [0.2, 0.25) is 0 Å². The molecule has 0 saturated heterocycles. The van der Waals surface area contributed by atoms with Crippen LogP contribution in [0.5, 0.6) is 0 Å². The molecular weight excluding hydrogens is 264 g/mol. The van der Waals surface area contributed by atoms with E-state index in [1.54, 1.807) is 0 Å². The van der Waals surface area contributed by atoms with E-state index >= 15 is 0 Å². The topological polar surface area (TPSA) is 74.7 Å². The Morgan fingerprint density at radius 1 is 1.33 bits per heavy atom. The lowest BCUT2D eigenvalue weighted by Crippen LogP contribution is -2.32. The summed E-state index contributed by atoms with van der Waals surface area (Å²) in [5, 5.41) is 11.9. The summed E-state index contributed by atoms with van der Waals surface area (Å²) in [6.07, 6.45) is 6.78.